The fraction of sp³-hybridized carbons (Fsp3) is 0.250. The first-order chi connectivity index (χ1) is 8.62. The molecule has 2 aromatic rings. The number of oxazole rings is 1. The quantitative estimate of drug-likeness (QED) is 0.894. The molecule has 1 aromatic heterocycles. The van der Waals surface area contributed by atoms with Crippen LogP contribution in [0.2, 0.25) is 0 Å². The highest BCUT2D eigenvalue weighted by Gasteiger charge is 2.14. The van der Waals surface area contributed by atoms with Crippen LogP contribution in [-0.2, 0) is 23.0 Å². The Kier molecular flexibility index (Phi) is 3.78. The zero-order chi connectivity index (χ0) is 13.0. The summed E-state index contributed by atoms with van der Waals surface area (Å²) in [5.41, 5.74) is 0. The van der Waals surface area contributed by atoms with E-state index in [9.17, 15) is 8.42 Å². The molecule has 5 nitrogen and oxygen atoms in total. The third-order valence-corrected chi connectivity index (χ3v) is 3.83. The van der Waals surface area contributed by atoms with E-state index in [1.54, 1.807) is 24.4 Å². The molecule has 0 fully saturated rings. The SMILES string of the molecule is CCc1cnc(CNS(=O)(=O)c2ccccc2)o1. The van der Waals surface area contributed by atoms with E-state index < -0.39 is 10.0 Å². The molecule has 0 radical (unpaired) electrons. The molecule has 0 saturated carbocycles. The molecule has 1 heterocycles. The molecule has 0 spiro atoms. The van der Waals surface area contributed by atoms with Crippen molar-refractivity contribution in [3.8, 4) is 0 Å². The Labute approximate surface area is 106 Å². The van der Waals surface area contributed by atoms with Gasteiger partial charge in [0.1, 0.15) is 5.76 Å². The van der Waals surface area contributed by atoms with Gasteiger partial charge in [-0.25, -0.2) is 18.1 Å². The summed E-state index contributed by atoms with van der Waals surface area (Å²) in [6, 6.07) is 8.19. The maximum absolute atomic E-state index is 11.9. The number of aromatic nitrogens is 1. The molecule has 96 valence electrons. The lowest BCUT2D eigenvalue weighted by molar-refractivity contribution is 0.452. The van der Waals surface area contributed by atoms with E-state index in [-0.39, 0.29) is 11.4 Å². The monoisotopic (exact) mass is 266 g/mol. The van der Waals surface area contributed by atoms with Gasteiger partial charge in [-0.1, -0.05) is 25.1 Å². The van der Waals surface area contributed by atoms with Gasteiger partial charge in [0, 0.05) is 6.42 Å². The smallest absolute Gasteiger partial charge is 0.241 e. The molecule has 0 bridgehead atoms. The predicted molar refractivity (Wildman–Crippen MR) is 66.3 cm³/mol. The van der Waals surface area contributed by atoms with Crippen molar-refractivity contribution in [3.63, 3.8) is 0 Å². The largest absolute Gasteiger partial charge is 0.444 e. The second kappa shape index (κ2) is 5.32. The second-order valence-electron chi connectivity index (χ2n) is 3.71. The second-order valence-corrected chi connectivity index (χ2v) is 5.48. The van der Waals surface area contributed by atoms with Crippen LogP contribution in [0.25, 0.3) is 0 Å². The summed E-state index contributed by atoms with van der Waals surface area (Å²) in [7, 11) is -3.51. The molecule has 0 aliphatic heterocycles. The highest BCUT2D eigenvalue weighted by Crippen LogP contribution is 2.09. The molecule has 1 aromatic carbocycles. The normalized spacial score (nSPS) is 11.6. The Hall–Kier alpha value is -1.66. The molecule has 0 aliphatic carbocycles. The van der Waals surface area contributed by atoms with Crippen LogP contribution in [-0.4, -0.2) is 13.4 Å². The Morgan fingerprint density at radius 1 is 1.28 bits per heavy atom. The third kappa shape index (κ3) is 2.96. The predicted octanol–water partition coefficient (Wildman–Crippen LogP) is 1.72. The van der Waals surface area contributed by atoms with E-state index in [0.717, 1.165) is 12.2 Å². The van der Waals surface area contributed by atoms with Crippen LogP contribution < -0.4 is 4.72 Å². The van der Waals surface area contributed by atoms with Gasteiger partial charge in [-0.3, -0.25) is 0 Å². The van der Waals surface area contributed by atoms with Crippen molar-refractivity contribution in [1.29, 1.82) is 0 Å². The van der Waals surface area contributed by atoms with Gasteiger partial charge in [0.25, 0.3) is 0 Å². The van der Waals surface area contributed by atoms with Gasteiger partial charge < -0.3 is 4.42 Å². The molecule has 0 saturated heterocycles. The topological polar surface area (TPSA) is 72.2 Å². The van der Waals surface area contributed by atoms with E-state index in [1.165, 1.54) is 12.1 Å². The molecule has 0 unspecified atom stereocenters. The minimum absolute atomic E-state index is 0.0528. The third-order valence-electron chi connectivity index (χ3n) is 2.42. The molecule has 0 amide bonds. The Morgan fingerprint density at radius 2 is 2.00 bits per heavy atom. The number of rotatable bonds is 5. The summed E-state index contributed by atoms with van der Waals surface area (Å²) in [4.78, 5) is 4.22. The van der Waals surface area contributed by atoms with Gasteiger partial charge in [0.2, 0.25) is 15.9 Å². The van der Waals surface area contributed by atoms with Gasteiger partial charge in [-0.15, -0.1) is 0 Å². The highest BCUT2D eigenvalue weighted by atomic mass is 32.2. The van der Waals surface area contributed by atoms with Crippen LogP contribution in [0.1, 0.15) is 18.6 Å². The summed E-state index contributed by atoms with van der Waals surface area (Å²) >= 11 is 0. The summed E-state index contributed by atoms with van der Waals surface area (Å²) in [5, 5.41) is 0. The van der Waals surface area contributed by atoms with Crippen molar-refractivity contribution in [2.75, 3.05) is 0 Å². The van der Waals surface area contributed by atoms with E-state index >= 15 is 0 Å². The van der Waals surface area contributed by atoms with E-state index in [4.69, 9.17) is 4.42 Å². The van der Waals surface area contributed by atoms with Crippen molar-refractivity contribution in [2.24, 2.45) is 0 Å². The standard InChI is InChI=1S/C12H14N2O3S/c1-2-10-8-13-12(17-10)9-14-18(15,16)11-6-4-3-5-7-11/h3-8,14H,2,9H2,1H3. The van der Waals surface area contributed by atoms with Crippen LogP contribution in [0, 0.1) is 0 Å². The lowest BCUT2D eigenvalue weighted by atomic mass is 10.4. The van der Waals surface area contributed by atoms with Crippen molar-refractivity contribution in [3.05, 3.63) is 48.2 Å². The van der Waals surface area contributed by atoms with Crippen molar-refractivity contribution in [2.45, 2.75) is 24.8 Å². The van der Waals surface area contributed by atoms with Gasteiger partial charge in [0.15, 0.2) is 0 Å². The van der Waals surface area contributed by atoms with Crippen LogP contribution in [0.15, 0.2) is 45.8 Å². The van der Waals surface area contributed by atoms with Gasteiger partial charge in [-0.05, 0) is 12.1 Å². The first-order valence-corrected chi connectivity index (χ1v) is 7.08. The molecule has 6 heteroatoms. The van der Waals surface area contributed by atoms with Gasteiger partial charge in [-0.2, -0.15) is 0 Å². The van der Waals surface area contributed by atoms with Crippen LogP contribution in [0.5, 0.6) is 0 Å². The lowest BCUT2D eigenvalue weighted by Crippen LogP contribution is -2.23. The molecule has 2 rings (SSSR count). The Balaban J connectivity index is 2.06. The highest BCUT2D eigenvalue weighted by molar-refractivity contribution is 7.89. The average Bonchev–Trinajstić information content (AvgIpc) is 2.86. The summed E-state index contributed by atoms with van der Waals surface area (Å²) in [6.45, 7) is 2.00. The zero-order valence-corrected chi connectivity index (χ0v) is 10.8. The van der Waals surface area contributed by atoms with Crippen LogP contribution >= 0.6 is 0 Å². The average molecular weight is 266 g/mol. The molecule has 1 N–H and O–H groups in total. The van der Waals surface area contributed by atoms with Crippen LogP contribution in [0.3, 0.4) is 0 Å². The number of nitrogens with one attached hydrogen (secondary N) is 1. The van der Waals surface area contributed by atoms with E-state index in [2.05, 4.69) is 9.71 Å². The molecule has 18 heavy (non-hydrogen) atoms. The Bertz CT molecular complexity index is 605. The molecular formula is C12H14N2O3S. The number of nitrogens with zero attached hydrogens (tertiary/aromatic N) is 1. The first kappa shape index (κ1) is 12.8. The number of hydrogen-bond donors (Lipinski definition) is 1. The maximum atomic E-state index is 11.9. The number of sulfonamides is 1. The molecular weight excluding hydrogens is 252 g/mol. The number of hydrogen-bond acceptors (Lipinski definition) is 4. The van der Waals surface area contributed by atoms with Crippen molar-refractivity contribution >= 4 is 10.0 Å². The van der Waals surface area contributed by atoms with Gasteiger partial charge in [0.05, 0.1) is 17.6 Å². The first-order valence-electron chi connectivity index (χ1n) is 5.60. The minimum atomic E-state index is -3.51. The maximum Gasteiger partial charge on any atom is 0.241 e. The zero-order valence-electron chi connectivity index (χ0n) is 9.96. The summed E-state index contributed by atoms with van der Waals surface area (Å²) in [5.74, 6) is 1.11. The summed E-state index contributed by atoms with van der Waals surface area (Å²) < 4.78 is 31.6. The molecule has 0 aliphatic rings. The van der Waals surface area contributed by atoms with Gasteiger partial charge >= 0.3 is 0 Å². The van der Waals surface area contributed by atoms with E-state index in [0.29, 0.717) is 5.89 Å². The lowest BCUT2D eigenvalue weighted by Gasteiger charge is -2.04. The van der Waals surface area contributed by atoms with Crippen molar-refractivity contribution in [1.82, 2.24) is 9.71 Å². The molecule has 0 atom stereocenters. The van der Waals surface area contributed by atoms with E-state index in [1.807, 2.05) is 6.92 Å². The van der Waals surface area contributed by atoms with Crippen molar-refractivity contribution < 1.29 is 12.8 Å². The fourth-order valence-corrected chi connectivity index (χ4v) is 2.43. The number of aryl methyl sites for hydroxylation is 1. The van der Waals surface area contributed by atoms with Crippen LogP contribution in [0.4, 0.5) is 0 Å². The fourth-order valence-electron chi connectivity index (χ4n) is 1.43. The minimum Gasteiger partial charge on any atom is -0.444 e. The summed E-state index contributed by atoms with van der Waals surface area (Å²) in [6.07, 6.45) is 2.34. The number of benzene rings is 1. The Morgan fingerprint density at radius 3 is 2.61 bits per heavy atom.